The molecule has 2 saturated carbocycles. The Morgan fingerprint density at radius 2 is 1.88 bits per heavy atom. The summed E-state index contributed by atoms with van der Waals surface area (Å²) >= 11 is 0. The van der Waals surface area contributed by atoms with E-state index in [4.69, 9.17) is 24.2 Å². The standard InChI is InChI=1S/C37H45F2N5O4/c1-6-25-28(38)10-9-23-15-24(48-22-46-5)16-26(29(23)25)31-30(39)32-27(17-40-31)33(44-14-8-11-35(2,45)19-44)42-34(41-32)47-21-37(20-43(3)4)18-36(37)12-7-13-36/h9-10,15-17,45H,6-8,11-14,18-22H2,1-5H3/t35-,37?/m1/s1. The first-order valence-corrected chi connectivity index (χ1v) is 17.0. The first-order valence-electron chi connectivity index (χ1n) is 17.0. The van der Waals surface area contributed by atoms with Gasteiger partial charge in [-0.1, -0.05) is 19.4 Å². The third-order valence-corrected chi connectivity index (χ3v) is 10.8. The van der Waals surface area contributed by atoms with Gasteiger partial charge in [0, 0.05) is 43.9 Å². The highest BCUT2D eigenvalue weighted by Crippen LogP contribution is 2.74. The molecule has 9 nitrogen and oxygen atoms in total. The molecule has 4 aromatic rings. The van der Waals surface area contributed by atoms with Gasteiger partial charge in [0.2, 0.25) is 0 Å². The Morgan fingerprint density at radius 1 is 1.06 bits per heavy atom. The Labute approximate surface area is 280 Å². The third-order valence-electron chi connectivity index (χ3n) is 10.8. The van der Waals surface area contributed by atoms with E-state index in [9.17, 15) is 5.11 Å². The fraction of sp³-hybridized carbons (Fsp3) is 0.541. The summed E-state index contributed by atoms with van der Waals surface area (Å²) in [7, 11) is 5.68. The van der Waals surface area contributed by atoms with E-state index >= 15 is 8.78 Å². The van der Waals surface area contributed by atoms with Crippen molar-refractivity contribution in [1.82, 2.24) is 19.9 Å². The topological polar surface area (TPSA) is 93.1 Å². The Kier molecular flexibility index (Phi) is 8.44. The van der Waals surface area contributed by atoms with Crippen LogP contribution in [0.5, 0.6) is 11.8 Å². The molecule has 1 N–H and O–H groups in total. The molecular weight excluding hydrogens is 616 g/mol. The first-order chi connectivity index (χ1) is 23.0. The number of pyridine rings is 1. The molecule has 11 heteroatoms. The maximum absolute atomic E-state index is 17.1. The van der Waals surface area contributed by atoms with Crippen LogP contribution in [-0.4, -0.2) is 84.8 Å². The molecule has 2 aliphatic carbocycles. The molecule has 1 saturated heterocycles. The van der Waals surface area contributed by atoms with Crippen LogP contribution in [0.4, 0.5) is 14.6 Å². The summed E-state index contributed by atoms with van der Waals surface area (Å²) in [4.78, 5) is 18.4. The molecule has 3 heterocycles. The lowest BCUT2D eigenvalue weighted by Crippen LogP contribution is -2.46. The zero-order chi connectivity index (χ0) is 33.8. The highest BCUT2D eigenvalue weighted by atomic mass is 19.1. The van der Waals surface area contributed by atoms with Gasteiger partial charge in [-0.2, -0.15) is 9.97 Å². The minimum atomic E-state index is -0.926. The van der Waals surface area contributed by atoms with Crippen LogP contribution in [-0.2, 0) is 11.2 Å². The number of rotatable bonds is 11. The van der Waals surface area contributed by atoms with Crippen LogP contribution in [0.3, 0.4) is 0 Å². The summed E-state index contributed by atoms with van der Waals surface area (Å²) in [6.07, 6.45) is 8.12. The van der Waals surface area contributed by atoms with Crippen molar-refractivity contribution in [2.45, 2.75) is 64.4 Å². The average Bonchev–Trinajstić information content (AvgIpc) is 3.71. The van der Waals surface area contributed by atoms with E-state index in [0.717, 1.165) is 19.4 Å². The molecule has 1 unspecified atom stereocenters. The number of anilines is 1. The van der Waals surface area contributed by atoms with Gasteiger partial charge in [-0.25, -0.2) is 8.78 Å². The highest BCUT2D eigenvalue weighted by Gasteiger charge is 2.69. The van der Waals surface area contributed by atoms with E-state index in [1.165, 1.54) is 32.4 Å². The summed E-state index contributed by atoms with van der Waals surface area (Å²) in [6.45, 7) is 5.98. The molecule has 3 fully saturated rings. The van der Waals surface area contributed by atoms with Gasteiger partial charge >= 0.3 is 6.01 Å². The number of ether oxygens (including phenoxy) is 3. The SMILES string of the molecule is CCc1c(F)ccc2cc(OCOC)cc(-c3ncc4c(N5CCC[C@@](C)(O)C5)nc(OCC5(CN(C)C)CC56CCC6)nc4c3F)c12. The number of hydrogen-bond acceptors (Lipinski definition) is 9. The van der Waals surface area contributed by atoms with Crippen LogP contribution in [0.25, 0.3) is 32.9 Å². The molecule has 1 aliphatic heterocycles. The van der Waals surface area contributed by atoms with Gasteiger partial charge in [-0.3, -0.25) is 4.98 Å². The van der Waals surface area contributed by atoms with Crippen molar-refractivity contribution in [3.63, 3.8) is 0 Å². The van der Waals surface area contributed by atoms with E-state index in [1.807, 2.05) is 11.8 Å². The number of benzene rings is 2. The average molecular weight is 662 g/mol. The second-order valence-corrected chi connectivity index (χ2v) is 14.7. The van der Waals surface area contributed by atoms with Gasteiger partial charge in [0.1, 0.15) is 28.6 Å². The summed E-state index contributed by atoms with van der Waals surface area (Å²) in [5.74, 6) is -0.110. The number of aromatic nitrogens is 3. The Balaban J connectivity index is 1.37. The third kappa shape index (κ3) is 5.73. The lowest BCUT2D eigenvalue weighted by atomic mass is 9.75. The Hall–Kier alpha value is -3.67. The number of methoxy groups -OCH3 is 1. The molecule has 2 atom stereocenters. The lowest BCUT2D eigenvalue weighted by Gasteiger charge is -2.38. The number of aliphatic hydroxyl groups is 1. The first kappa shape index (κ1) is 32.9. The zero-order valence-electron chi connectivity index (χ0n) is 28.5. The molecule has 256 valence electrons. The molecular formula is C37H45F2N5O4. The summed E-state index contributed by atoms with van der Waals surface area (Å²) in [5.41, 5.74) is 0.326. The van der Waals surface area contributed by atoms with E-state index in [-0.39, 0.29) is 35.2 Å². The molecule has 1 spiro atoms. The van der Waals surface area contributed by atoms with E-state index < -0.39 is 11.4 Å². The number of nitrogens with zero attached hydrogens (tertiary/aromatic N) is 5. The van der Waals surface area contributed by atoms with Crippen molar-refractivity contribution in [2.75, 3.05) is 59.1 Å². The minimum absolute atomic E-state index is 0.00605. The number of piperidine rings is 1. The van der Waals surface area contributed by atoms with Crippen LogP contribution >= 0.6 is 0 Å². The fourth-order valence-corrected chi connectivity index (χ4v) is 8.34. The van der Waals surface area contributed by atoms with Gasteiger partial charge in [0.25, 0.3) is 0 Å². The largest absolute Gasteiger partial charge is 0.468 e. The van der Waals surface area contributed by atoms with Crippen molar-refractivity contribution >= 4 is 27.5 Å². The number of β-amino-alcohol motifs (C(OH)–C–C–N with tert-alkyl or cyclic N) is 1. The van der Waals surface area contributed by atoms with Gasteiger partial charge in [-0.15, -0.1) is 0 Å². The van der Waals surface area contributed by atoms with Crippen LogP contribution in [0.2, 0.25) is 0 Å². The van der Waals surface area contributed by atoms with E-state index in [2.05, 4.69) is 24.0 Å². The van der Waals surface area contributed by atoms with Crippen LogP contribution in [0, 0.1) is 22.5 Å². The predicted molar refractivity (Wildman–Crippen MR) is 182 cm³/mol. The minimum Gasteiger partial charge on any atom is -0.468 e. The second-order valence-electron chi connectivity index (χ2n) is 14.7. The van der Waals surface area contributed by atoms with Crippen molar-refractivity contribution in [2.24, 2.45) is 10.8 Å². The maximum Gasteiger partial charge on any atom is 0.319 e. The lowest BCUT2D eigenvalue weighted by molar-refractivity contribution is 0.0447. The number of aryl methyl sites for hydroxylation is 1. The summed E-state index contributed by atoms with van der Waals surface area (Å²) in [6, 6.07) is 6.65. The smallest absolute Gasteiger partial charge is 0.319 e. The van der Waals surface area contributed by atoms with Crippen LogP contribution in [0.1, 0.15) is 57.9 Å². The molecule has 2 aromatic heterocycles. The van der Waals surface area contributed by atoms with Crippen LogP contribution < -0.4 is 14.4 Å². The fourth-order valence-electron chi connectivity index (χ4n) is 8.34. The van der Waals surface area contributed by atoms with E-state index in [0.29, 0.717) is 76.8 Å². The second kappa shape index (κ2) is 12.3. The molecule has 7 rings (SSSR count). The zero-order valence-corrected chi connectivity index (χ0v) is 28.5. The van der Waals surface area contributed by atoms with Gasteiger partial charge in [0.05, 0.1) is 17.6 Å². The number of fused-ring (bicyclic) bond motifs is 2. The monoisotopic (exact) mass is 661 g/mol. The molecule has 0 radical (unpaired) electrons. The molecule has 0 amide bonds. The van der Waals surface area contributed by atoms with E-state index in [1.54, 1.807) is 31.3 Å². The highest BCUT2D eigenvalue weighted by molar-refractivity contribution is 6.01. The van der Waals surface area contributed by atoms with Crippen molar-refractivity contribution < 1.29 is 28.1 Å². The van der Waals surface area contributed by atoms with Crippen molar-refractivity contribution in [3.05, 3.63) is 47.7 Å². The Bertz CT molecular complexity index is 1860. The van der Waals surface area contributed by atoms with Crippen molar-refractivity contribution in [3.8, 4) is 23.0 Å². The van der Waals surface area contributed by atoms with Gasteiger partial charge in [-0.05, 0) is 99.5 Å². The van der Waals surface area contributed by atoms with Crippen LogP contribution in [0.15, 0.2) is 30.5 Å². The molecule has 48 heavy (non-hydrogen) atoms. The van der Waals surface area contributed by atoms with Gasteiger partial charge in [0.15, 0.2) is 12.6 Å². The van der Waals surface area contributed by atoms with Gasteiger partial charge < -0.3 is 29.1 Å². The quantitative estimate of drug-likeness (QED) is 0.180. The number of halogens is 2. The molecule has 3 aliphatic rings. The summed E-state index contributed by atoms with van der Waals surface area (Å²) < 4.78 is 49.6. The number of hydrogen-bond donors (Lipinski definition) is 1. The summed E-state index contributed by atoms with van der Waals surface area (Å²) in [5, 5.41) is 12.7. The Morgan fingerprint density at radius 3 is 2.54 bits per heavy atom. The molecule has 2 aromatic carbocycles. The predicted octanol–water partition coefficient (Wildman–Crippen LogP) is 6.52. The van der Waals surface area contributed by atoms with Crippen molar-refractivity contribution in [1.29, 1.82) is 0 Å². The normalized spacial score (nSPS) is 23.2. The maximum atomic E-state index is 17.1. The molecule has 0 bridgehead atoms.